The van der Waals surface area contributed by atoms with E-state index < -0.39 is 24.0 Å². The van der Waals surface area contributed by atoms with Crippen molar-refractivity contribution in [3.05, 3.63) is 59.2 Å². The highest BCUT2D eigenvalue weighted by molar-refractivity contribution is 5.92. The third-order valence-corrected chi connectivity index (χ3v) is 6.89. The van der Waals surface area contributed by atoms with Gasteiger partial charge in [0.2, 0.25) is 0 Å². The number of rotatable bonds is 6. The Morgan fingerprint density at radius 3 is 2.40 bits per heavy atom. The van der Waals surface area contributed by atoms with E-state index in [1.807, 2.05) is 6.07 Å². The van der Waals surface area contributed by atoms with Gasteiger partial charge >= 0.3 is 18.4 Å². The number of carboxylic acids is 1. The maximum atomic E-state index is 12.7. The number of halogens is 3. The number of nitrogens with zero attached hydrogens (tertiary/aromatic N) is 2. The molecule has 2 aliphatic heterocycles. The summed E-state index contributed by atoms with van der Waals surface area (Å²) in [6.07, 6.45) is -2.16. The number of likely N-dealkylation sites (tertiary alicyclic amines) is 1. The predicted molar refractivity (Wildman–Crippen MR) is 120 cm³/mol. The highest BCUT2D eigenvalue weighted by Gasteiger charge is 2.47. The van der Waals surface area contributed by atoms with Crippen LogP contribution < -0.4 is 9.64 Å². The minimum atomic E-state index is -4.71. The smallest absolute Gasteiger partial charge is 0.478 e. The Hall–Kier alpha value is -3.27. The highest BCUT2D eigenvalue weighted by atomic mass is 19.4. The molecule has 3 fully saturated rings. The first-order valence-corrected chi connectivity index (χ1v) is 11.6. The van der Waals surface area contributed by atoms with Gasteiger partial charge in [0.1, 0.15) is 11.4 Å². The molecule has 10 heteroatoms. The van der Waals surface area contributed by atoms with Crippen molar-refractivity contribution in [3.63, 3.8) is 0 Å². The monoisotopic (exact) mass is 490 g/mol. The standard InChI is InChI=1S/C25H25F3N2O5/c26-25(27,28)34-21-8-1-16(13-20(21)17-2-3-17)14-29-11-9-24(10-12-29)15-30(23(33)35-24)19-6-4-18(5-7-19)22(31)32/h1,4-8,13,17H,2-3,9-12,14-15H2,(H,31,32). The van der Waals surface area contributed by atoms with Gasteiger partial charge in [-0.1, -0.05) is 12.1 Å². The molecule has 2 aromatic rings. The Bertz CT molecular complexity index is 1120. The summed E-state index contributed by atoms with van der Waals surface area (Å²) < 4.78 is 48.2. The van der Waals surface area contributed by atoms with Crippen LogP contribution in [0.25, 0.3) is 0 Å². The third kappa shape index (κ3) is 5.22. The predicted octanol–water partition coefficient (Wildman–Crippen LogP) is 5.15. The fourth-order valence-electron chi connectivity index (χ4n) is 4.87. The summed E-state index contributed by atoms with van der Waals surface area (Å²) in [6, 6.07) is 11.0. The summed E-state index contributed by atoms with van der Waals surface area (Å²) >= 11 is 0. The molecular formula is C25H25F3N2O5. The van der Waals surface area contributed by atoms with Crippen molar-refractivity contribution in [2.75, 3.05) is 24.5 Å². The normalized spacial score (nSPS) is 20.2. The first kappa shape index (κ1) is 23.5. The lowest BCUT2D eigenvalue weighted by atomic mass is 9.91. The fourth-order valence-corrected chi connectivity index (χ4v) is 4.87. The quantitative estimate of drug-likeness (QED) is 0.603. The average Bonchev–Trinajstić information content (AvgIpc) is 3.60. The number of ether oxygens (including phenoxy) is 2. The van der Waals surface area contributed by atoms with Crippen LogP contribution in [0.5, 0.6) is 5.75 Å². The van der Waals surface area contributed by atoms with Gasteiger partial charge in [-0.3, -0.25) is 9.80 Å². The number of alkyl halides is 3. The molecule has 1 saturated carbocycles. The van der Waals surface area contributed by atoms with Crippen LogP contribution in [0.4, 0.5) is 23.7 Å². The lowest BCUT2D eigenvalue weighted by Crippen LogP contribution is -2.46. The molecule has 3 aliphatic rings. The number of carboxylic acid groups (broad SMARTS) is 1. The van der Waals surface area contributed by atoms with Crippen LogP contribution in [-0.4, -0.2) is 53.7 Å². The number of carbonyl (C=O) groups excluding carboxylic acids is 1. The summed E-state index contributed by atoms with van der Waals surface area (Å²) in [7, 11) is 0. The van der Waals surface area contributed by atoms with Crippen LogP contribution >= 0.6 is 0 Å². The van der Waals surface area contributed by atoms with Crippen molar-refractivity contribution in [2.45, 2.75) is 50.1 Å². The van der Waals surface area contributed by atoms with E-state index in [0.29, 0.717) is 50.3 Å². The number of carbonyl (C=O) groups is 2. The number of benzene rings is 2. The molecule has 2 aromatic carbocycles. The first-order chi connectivity index (χ1) is 16.6. The molecule has 0 radical (unpaired) electrons. The lowest BCUT2D eigenvalue weighted by molar-refractivity contribution is -0.274. The molecule has 5 rings (SSSR count). The minimum Gasteiger partial charge on any atom is -0.478 e. The van der Waals surface area contributed by atoms with E-state index >= 15 is 0 Å². The van der Waals surface area contributed by atoms with Gasteiger partial charge in [0.15, 0.2) is 0 Å². The highest BCUT2D eigenvalue weighted by Crippen LogP contribution is 2.46. The van der Waals surface area contributed by atoms with Gasteiger partial charge in [-0.25, -0.2) is 9.59 Å². The molecule has 0 aromatic heterocycles. The summed E-state index contributed by atoms with van der Waals surface area (Å²) in [6.45, 7) is 2.34. The molecular weight excluding hydrogens is 465 g/mol. The van der Waals surface area contributed by atoms with Gasteiger partial charge in [-0.05, 0) is 60.2 Å². The van der Waals surface area contributed by atoms with Gasteiger partial charge in [-0.15, -0.1) is 13.2 Å². The molecule has 0 bridgehead atoms. The van der Waals surface area contributed by atoms with Gasteiger partial charge in [0.25, 0.3) is 0 Å². The molecule has 2 saturated heterocycles. The zero-order valence-corrected chi connectivity index (χ0v) is 18.9. The maximum Gasteiger partial charge on any atom is 0.573 e. The number of hydrogen-bond acceptors (Lipinski definition) is 5. The van der Waals surface area contributed by atoms with Crippen LogP contribution in [-0.2, 0) is 11.3 Å². The molecule has 0 unspecified atom stereocenters. The maximum absolute atomic E-state index is 12.7. The van der Waals surface area contributed by atoms with E-state index in [9.17, 15) is 22.8 Å². The van der Waals surface area contributed by atoms with E-state index in [1.54, 1.807) is 18.2 Å². The van der Waals surface area contributed by atoms with Crippen LogP contribution in [0.1, 0.15) is 53.1 Å². The SMILES string of the molecule is O=C(O)c1ccc(N2CC3(CCN(Cc4ccc(OC(F)(F)F)c(C5CC5)c4)CC3)OC2=O)cc1. The second kappa shape index (κ2) is 8.75. The number of piperidine rings is 1. The molecule has 1 spiro atoms. The van der Waals surface area contributed by atoms with Crippen molar-refractivity contribution < 1.29 is 37.3 Å². The van der Waals surface area contributed by atoms with Crippen LogP contribution in [0.2, 0.25) is 0 Å². The molecule has 2 heterocycles. The Labute approximate surface area is 200 Å². The number of aromatic carboxylic acids is 1. The van der Waals surface area contributed by atoms with E-state index in [4.69, 9.17) is 9.84 Å². The number of anilines is 1. The van der Waals surface area contributed by atoms with Gasteiger partial charge in [0.05, 0.1) is 12.1 Å². The van der Waals surface area contributed by atoms with E-state index in [0.717, 1.165) is 18.4 Å². The second-order valence-corrected chi connectivity index (χ2v) is 9.46. The Balaban J connectivity index is 1.21. The molecule has 1 amide bonds. The molecule has 35 heavy (non-hydrogen) atoms. The van der Waals surface area contributed by atoms with E-state index in [2.05, 4.69) is 9.64 Å². The lowest BCUT2D eigenvalue weighted by Gasteiger charge is -2.37. The average molecular weight is 490 g/mol. The van der Waals surface area contributed by atoms with Crippen LogP contribution in [0, 0.1) is 0 Å². The molecule has 7 nitrogen and oxygen atoms in total. The van der Waals surface area contributed by atoms with Crippen LogP contribution in [0.3, 0.4) is 0 Å². The first-order valence-electron chi connectivity index (χ1n) is 11.6. The Morgan fingerprint density at radius 2 is 1.80 bits per heavy atom. The van der Waals surface area contributed by atoms with Gasteiger partial charge in [-0.2, -0.15) is 0 Å². The van der Waals surface area contributed by atoms with Crippen molar-refractivity contribution >= 4 is 17.7 Å². The minimum absolute atomic E-state index is 0.115. The molecule has 186 valence electrons. The van der Waals surface area contributed by atoms with Crippen molar-refractivity contribution in [1.29, 1.82) is 0 Å². The van der Waals surface area contributed by atoms with E-state index in [1.165, 1.54) is 23.1 Å². The fraction of sp³-hybridized carbons (Fsp3) is 0.440. The molecule has 0 atom stereocenters. The Kier molecular flexibility index (Phi) is 5.86. The summed E-state index contributed by atoms with van der Waals surface area (Å²) in [5.41, 5.74) is 1.67. The van der Waals surface area contributed by atoms with Crippen molar-refractivity contribution in [1.82, 2.24) is 4.90 Å². The summed E-state index contributed by atoms with van der Waals surface area (Å²) in [4.78, 5) is 27.4. The van der Waals surface area contributed by atoms with Gasteiger partial charge in [0, 0.05) is 38.2 Å². The zero-order valence-electron chi connectivity index (χ0n) is 18.9. The van der Waals surface area contributed by atoms with E-state index in [-0.39, 0.29) is 17.2 Å². The number of hydrogen-bond donors (Lipinski definition) is 1. The second-order valence-electron chi connectivity index (χ2n) is 9.46. The van der Waals surface area contributed by atoms with Crippen molar-refractivity contribution in [3.8, 4) is 5.75 Å². The van der Waals surface area contributed by atoms with Crippen LogP contribution in [0.15, 0.2) is 42.5 Å². The third-order valence-electron chi connectivity index (χ3n) is 6.89. The summed E-state index contributed by atoms with van der Waals surface area (Å²) in [5.74, 6) is -1.03. The Morgan fingerprint density at radius 1 is 1.11 bits per heavy atom. The van der Waals surface area contributed by atoms with Crippen molar-refractivity contribution in [2.24, 2.45) is 0 Å². The number of amides is 1. The molecule has 1 aliphatic carbocycles. The molecule has 1 N–H and O–H groups in total. The zero-order chi connectivity index (χ0) is 24.8. The van der Waals surface area contributed by atoms with Gasteiger partial charge < -0.3 is 14.6 Å². The topological polar surface area (TPSA) is 79.3 Å². The summed E-state index contributed by atoms with van der Waals surface area (Å²) in [5, 5.41) is 9.06. The largest absolute Gasteiger partial charge is 0.573 e.